The fraction of sp³-hybridized carbons (Fsp3) is 0.585. The van der Waals surface area contributed by atoms with E-state index in [1.807, 2.05) is 0 Å². The van der Waals surface area contributed by atoms with E-state index in [2.05, 4.69) is 47.5 Å². The Kier molecular flexibility index (Phi) is 23.9. The number of nitrogens with zero attached hydrogens (tertiary/aromatic N) is 2. The van der Waals surface area contributed by atoms with E-state index in [0.29, 0.717) is 47.2 Å². The van der Waals surface area contributed by atoms with Crippen LogP contribution >= 0.6 is 11.8 Å². The van der Waals surface area contributed by atoms with Gasteiger partial charge in [-0.15, -0.1) is 0 Å². The van der Waals surface area contributed by atoms with E-state index in [4.69, 9.17) is 10.5 Å². The molecule has 0 saturated carbocycles. The summed E-state index contributed by atoms with van der Waals surface area (Å²) in [6.07, 6.45) is -1.30. The largest absolute Gasteiger partial charge is 0.610 e. The molecule has 2 aromatic rings. The number of aliphatic hydroxyl groups excluding tert-OH is 3. The second-order valence-corrected chi connectivity index (χ2v) is 23.5. The Labute approximate surface area is 490 Å². The number of primary amides is 1. The van der Waals surface area contributed by atoms with E-state index < -0.39 is 194 Å². The van der Waals surface area contributed by atoms with Crippen LogP contribution in [0.1, 0.15) is 76.8 Å². The summed E-state index contributed by atoms with van der Waals surface area (Å²) in [7, 11) is 1.40. The van der Waals surface area contributed by atoms with Crippen molar-refractivity contribution in [3.05, 3.63) is 35.4 Å². The minimum Gasteiger partial charge on any atom is -0.610 e. The number of carbonyl (C=O) groups is 12. The molecule has 5 heterocycles. The number of ether oxygens (including phenoxy) is 1. The van der Waals surface area contributed by atoms with Gasteiger partial charge in [0.25, 0.3) is 11.8 Å². The lowest BCUT2D eigenvalue weighted by Gasteiger charge is -2.33. The van der Waals surface area contributed by atoms with Gasteiger partial charge in [0.05, 0.1) is 44.5 Å². The average molecular weight is 1220 g/mol. The molecule has 1 aromatic carbocycles. The summed E-state index contributed by atoms with van der Waals surface area (Å²) in [5, 5.41) is 52.5. The standard InChI is InChI=1S/C53H74N12O17S2/c1-5-26(2)44-50(78)57-20-40(71)58-34-25-84(81)52-30(29-9-11-37(82-4)31(46(29)63-52)24-83-17-15-55-39(70)8-6-7-16-64-42(73)13-14-43(64)74)19-33(47(75)56-21-41(72)61-44)60-51(79)45(27(3)36(68)23-66)62-49(77)35-18-28(67)22-65(35)53(80)32(59-48(34)76)10-12-38(54)69/h9,11,13-14,26-28,32-36,44-45,63,66-68H,5-8,10,12,15-25H2,1-4H3,(H2,54,69)(H,55,70)(H,56,75)(H,57,78)(H,58,71)(H,59,76)(H,60,79)(H,61,72)(H,62,77)/t26-,27-,28+,32-,33-,34-,35-,36-,44-,45-,84?/m0/s1. The second-order valence-electron chi connectivity index (χ2n) is 20.9. The molecule has 0 radical (unpaired) electrons. The first-order chi connectivity index (χ1) is 40.0. The lowest BCUT2D eigenvalue weighted by molar-refractivity contribution is -0.143. The number of hydrogen-bond donors (Lipinski definition) is 13. The molecule has 1 unspecified atom stereocenters. The van der Waals surface area contributed by atoms with Crippen LogP contribution in [0.3, 0.4) is 0 Å². The maximum absolute atomic E-state index is 15.3. The number of H-pyrrole nitrogens is 1. The van der Waals surface area contributed by atoms with Gasteiger partial charge in [0.2, 0.25) is 64.1 Å². The maximum Gasteiger partial charge on any atom is 0.253 e. The molecule has 4 aliphatic rings. The third-order valence-electron chi connectivity index (χ3n) is 15.0. The molecule has 11 atom stereocenters. The molecule has 31 heteroatoms. The number of amides is 12. The van der Waals surface area contributed by atoms with E-state index in [0.717, 1.165) is 9.80 Å². The van der Waals surface area contributed by atoms with Crippen molar-refractivity contribution in [2.24, 2.45) is 17.6 Å². The maximum atomic E-state index is 15.3. The highest BCUT2D eigenvalue weighted by atomic mass is 32.2. The molecule has 6 rings (SSSR count). The van der Waals surface area contributed by atoms with Gasteiger partial charge >= 0.3 is 0 Å². The molecule has 84 heavy (non-hydrogen) atoms. The molecule has 1 saturated heterocycles. The number of benzene rings is 1. The first kappa shape index (κ1) is 65.8. The molecule has 4 aliphatic heterocycles. The number of aromatic amines is 1. The van der Waals surface area contributed by atoms with Crippen LogP contribution in [0.2, 0.25) is 0 Å². The summed E-state index contributed by atoms with van der Waals surface area (Å²) in [5.41, 5.74) is 6.37. The topological polar surface area (TPSA) is 442 Å². The van der Waals surface area contributed by atoms with Crippen molar-refractivity contribution in [2.45, 2.75) is 131 Å². The number of nitrogens with two attached hydrogens (primary N) is 1. The van der Waals surface area contributed by atoms with Crippen molar-refractivity contribution < 1.29 is 82.1 Å². The zero-order chi connectivity index (χ0) is 61.5. The van der Waals surface area contributed by atoms with E-state index >= 15 is 4.55 Å². The van der Waals surface area contributed by atoms with Gasteiger partial charge in [0, 0.05) is 103 Å². The summed E-state index contributed by atoms with van der Waals surface area (Å²) in [6, 6.07) is -6.78. The lowest BCUT2D eigenvalue weighted by atomic mass is 9.93. The summed E-state index contributed by atoms with van der Waals surface area (Å²) in [4.78, 5) is 168. The van der Waals surface area contributed by atoms with Crippen molar-refractivity contribution in [3.63, 3.8) is 0 Å². The van der Waals surface area contributed by atoms with E-state index in [9.17, 15) is 72.9 Å². The smallest absolute Gasteiger partial charge is 0.253 e. The number of methoxy groups -OCH3 is 1. The number of rotatable bonds is 19. The third kappa shape index (κ3) is 16.9. The van der Waals surface area contributed by atoms with Gasteiger partial charge in [-0.05, 0) is 37.3 Å². The van der Waals surface area contributed by atoms with Crippen LogP contribution in [-0.2, 0) is 80.9 Å². The first-order valence-electron chi connectivity index (χ1n) is 27.5. The molecule has 29 nitrogen and oxygen atoms in total. The minimum atomic E-state index is -2.45. The molecule has 12 amide bonds. The molecule has 0 spiro atoms. The Morgan fingerprint density at radius 1 is 0.869 bits per heavy atom. The molecule has 14 N–H and O–H groups in total. The van der Waals surface area contributed by atoms with E-state index in [1.54, 1.807) is 26.0 Å². The van der Waals surface area contributed by atoms with Crippen LogP contribution in [-0.4, -0.2) is 212 Å². The summed E-state index contributed by atoms with van der Waals surface area (Å²) >= 11 is -1.09. The summed E-state index contributed by atoms with van der Waals surface area (Å²) in [6.45, 7) is 2.10. The molecule has 1 fully saturated rings. The molecule has 1 aromatic heterocycles. The van der Waals surface area contributed by atoms with Crippen LogP contribution in [0.5, 0.6) is 5.75 Å². The van der Waals surface area contributed by atoms with Crippen LogP contribution in [0.15, 0.2) is 29.3 Å². The van der Waals surface area contributed by atoms with E-state index in [-0.39, 0.29) is 41.8 Å². The second kappa shape index (κ2) is 30.5. The van der Waals surface area contributed by atoms with Crippen molar-refractivity contribution in [1.82, 2.24) is 57.3 Å². The summed E-state index contributed by atoms with van der Waals surface area (Å²) in [5.74, 6) is -11.8. The van der Waals surface area contributed by atoms with Gasteiger partial charge in [-0.3, -0.25) is 62.4 Å². The number of aromatic nitrogens is 1. The molecular weight excluding hydrogens is 1140 g/mol. The number of nitrogens with one attached hydrogen (secondary N) is 9. The Bertz CT molecular complexity index is 2850. The van der Waals surface area contributed by atoms with E-state index in [1.165, 1.54) is 37.9 Å². The third-order valence-corrected chi connectivity index (χ3v) is 17.5. The Hall–Kier alpha value is -7.32. The Morgan fingerprint density at radius 3 is 2.23 bits per heavy atom. The first-order valence-corrected chi connectivity index (χ1v) is 30.0. The minimum absolute atomic E-state index is 0.0927. The zero-order valence-corrected chi connectivity index (χ0v) is 48.6. The van der Waals surface area contributed by atoms with Gasteiger partial charge in [0.1, 0.15) is 41.7 Å². The number of carbonyl (C=O) groups excluding carboxylic acids is 12. The number of imide groups is 1. The van der Waals surface area contributed by atoms with Crippen LogP contribution in [0, 0.1) is 11.8 Å². The molecular formula is C53H74N12O17S2. The molecule has 460 valence electrons. The summed E-state index contributed by atoms with van der Waals surface area (Å²) < 4.78 is 21.1. The Balaban J connectivity index is 1.45. The van der Waals surface area contributed by atoms with Crippen molar-refractivity contribution in [3.8, 4) is 5.75 Å². The van der Waals surface area contributed by atoms with Gasteiger partial charge < -0.3 is 82.8 Å². The van der Waals surface area contributed by atoms with Gasteiger partial charge in [-0.1, -0.05) is 27.2 Å². The number of unbranched alkanes of at least 4 members (excludes halogenated alkanes) is 1. The van der Waals surface area contributed by atoms with Crippen molar-refractivity contribution in [1.29, 1.82) is 0 Å². The average Bonchev–Trinajstić information content (AvgIpc) is 2.63. The highest BCUT2D eigenvalue weighted by Crippen LogP contribution is 2.37. The van der Waals surface area contributed by atoms with Gasteiger partial charge in [-0.25, -0.2) is 0 Å². The number of hydrogen-bond acceptors (Lipinski definition) is 18. The monoisotopic (exact) mass is 1210 g/mol. The van der Waals surface area contributed by atoms with Crippen molar-refractivity contribution >= 4 is 105 Å². The van der Waals surface area contributed by atoms with Crippen molar-refractivity contribution in [2.75, 3.05) is 57.9 Å². The number of aliphatic hydroxyl groups is 3. The van der Waals surface area contributed by atoms with Gasteiger partial charge in [0.15, 0.2) is 6.04 Å². The van der Waals surface area contributed by atoms with Crippen LogP contribution < -0.4 is 53.0 Å². The highest BCUT2D eigenvalue weighted by Gasteiger charge is 2.45. The number of fused-ring (bicyclic) bond motifs is 5. The predicted molar refractivity (Wildman–Crippen MR) is 301 cm³/mol. The fourth-order valence-electron chi connectivity index (χ4n) is 10.0. The number of thioether (sulfide) groups is 1. The lowest BCUT2D eigenvalue weighted by Crippen LogP contribution is -2.62. The normalized spacial score (nSPS) is 25.3. The molecule has 0 aliphatic carbocycles. The Morgan fingerprint density at radius 2 is 1.56 bits per heavy atom. The zero-order valence-electron chi connectivity index (χ0n) is 46.9. The van der Waals surface area contributed by atoms with Crippen LogP contribution in [0.25, 0.3) is 10.9 Å². The predicted octanol–water partition coefficient (Wildman–Crippen LogP) is -4.78. The fourth-order valence-corrected chi connectivity index (χ4v) is 12.3. The molecule has 2 bridgehead atoms. The highest BCUT2D eigenvalue weighted by molar-refractivity contribution is 7.98. The quantitative estimate of drug-likeness (QED) is 0.0357. The SMILES string of the molecule is CC[C@H](C)[C@@H]1NC(=O)CNC(=O)[C@@H]2Cc3c([nH]c4c(CSCCNC(=O)CCCCN5C(=O)C=CC5=O)c(OC)ccc34)[S+]([O-])C[C@H](NC(=O)CNC1=O)C(=O)N[C@@H](CCC(N)=O)C(=O)N1C[C@H](O)C[C@H]1C(=O)N[C@@H]([C@@H](C)[C@@H](O)CO)C(=O)N2. The van der Waals surface area contributed by atoms with Gasteiger partial charge in [-0.2, -0.15) is 11.8 Å². The van der Waals surface area contributed by atoms with Crippen LogP contribution in [0.4, 0.5) is 0 Å².